The Labute approximate surface area is 159 Å². The van der Waals surface area contributed by atoms with Crippen LogP contribution in [-0.4, -0.2) is 80.8 Å². The number of hydrogen-bond acceptors (Lipinski definition) is 11. The van der Waals surface area contributed by atoms with E-state index in [1.807, 2.05) is 0 Å². The number of aliphatic hydroxyl groups is 2. The van der Waals surface area contributed by atoms with Crippen molar-refractivity contribution >= 4 is 25.6 Å². The van der Waals surface area contributed by atoms with Crippen LogP contribution in [-0.2, 0) is 24.7 Å². The maximum absolute atomic E-state index is 12.0. The van der Waals surface area contributed by atoms with Gasteiger partial charge in [-0.15, -0.1) is 0 Å². The number of carbonyl (C=O) groups is 2. The predicted molar refractivity (Wildman–Crippen MR) is 90.3 cm³/mol. The minimum atomic E-state index is -2.22. The number of rotatable bonds is 8. The zero-order valence-corrected chi connectivity index (χ0v) is 14.5. The van der Waals surface area contributed by atoms with Crippen LogP contribution in [0.3, 0.4) is 0 Å². The molecule has 1 aliphatic heterocycles. The van der Waals surface area contributed by atoms with Crippen molar-refractivity contribution in [1.82, 2.24) is 9.55 Å². The van der Waals surface area contributed by atoms with E-state index in [0.29, 0.717) is 4.57 Å². The van der Waals surface area contributed by atoms with E-state index >= 15 is 0 Å². The highest BCUT2D eigenvalue weighted by molar-refractivity contribution is 6.13. The van der Waals surface area contributed by atoms with Crippen molar-refractivity contribution in [3.63, 3.8) is 0 Å². The molecule has 7 N–H and O–H groups in total. The predicted octanol–water partition coefficient (Wildman–Crippen LogP) is -3.32. The maximum atomic E-state index is 12.0. The number of carboxylic acid groups (broad SMARTS) is 1. The van der Waals surface area contributed by atoms with Crippen molar-refractivity contribution in [2.75, 3.05) is 12.1 Å². The number of esters is 1. The lowest BCUT2D eigenvalue weighted by Gasteiger charge is -2.30. The monoisotopic (exact) mass is 398 g/mol. The Morgan fingerprint density at radius 2 is 2.18 bits per heavy atom. The van der Waals surface area contributed by atoms with Crippen molar-refractivity contribution in [1.29, 1.82) is 0 Å². The van der Waals surface area contributed by atoms with Gasteiger partial charge in [0.1, 0.15) is 44.4 Å². The summed E-state index contributed by atoms with van der Waals surface area (Å²) in [6.07, 6.45) is -4.14. The molecule has 1 fully saturated rings. The van der Waals surface area contributed by atoms with E-state index < -0.39 is 54.2 Å². The first kappa shape index (κ1) is 21.8. The Bertz CT molecular complexity index is 790. The molecule has 2 rings (SSSR count). The average molecular weight is 398 g/mol. The summed E-state index contributed by atoms with van der Waals surface area (Å²) in [6.45, 7) is -0.560. The summed E-state index contributed by atoms with van der Waals surface area (Å²) in [5.41, 5.74) is 3.95. The molecule has 1 aliphatic rings. The Morgan fingerprint density at radius 1 is 1.50 bits per heavy atom. The van der Waals surface area contributed by atoms with Gasteiger partial charge in [0.25, 0.3) is 0 Å². The molecule has 0 aromatic carbocycles. The first-order chi connectivity index (χ1) is 13.1. The number of carbonyl (C=O) groups excluding carboxylic acids is 1. The first-order valence-electron chi connectivity index (χ1n) is 8.07. The largest absolute Gasteiger partial charge is 0.481 e. The van der Waals surface area contributed by atoms with E-state index in [0.717, 1.165) is 12.3 Å². The average Bonchev–Trinajstić information content (AvgIpc) is 2.88. The molecule has 28 heavy (non-hydrogen) atoms. The number of nitrogens with one attached hydrogen (secondary N) is 1. The summed E-state index contributed by atoms with van der Waals surface area (Å²) < 4.78 is 10.9. The van der Waals surface area contributed by atoms with Gasteiger partial charge in [-0.05, 0) is 12.5 Å². The highest BCUT2D eigenvalue weighted by atomic mass is 16.6. The lowest BCUT2D eigenvalue weighted by atomic mass is 9.84. The molecule has 0 unspecified atom stereocenters. The fourth-order valence-corrected chi connectivity index (χ4v) is 2.56. The number of nitrogens with zero attached hydrogens (tertiary/aromatic N) is 2. The number of nitrogens with two attached hydrogens (primary N) is 1. The molecular weight excluding hydrogens is 379 g/mol. The fraction of sp³-hybridized carbons (Fsp3) is 0.571. The summed E-state index contributed by atoms with van der Waals surface area (Å²) >= 11 is 0. The van der Waals surface area contributed by atoms with Gasteiger partial charge >= 0.3 is 17.6 Å². The van der Waals surface area contributed by atoms with Gasteiger partial charge in [0.05, 0.1) is 0 Å². The van der Waals surface area contributed by atoms with Crippen molar-refractivity contribution in [2.24, 2.45) is 5.73 Å². The van der Waals surface area contributed by atoms with Crippen LogP contribution >= 0.6 is 0 Å². The van der Waals surface area contributed by atoms with Crippen LogP contribution in [0.25, 0.3) is 0 Å². The third-order valence-electron chi connectivity index (χ3n) is 4.12. The molecule has 0 bridgehead atoms. The number of aliphatic hydroxyl groups excluding tert-OH is 2. The molecule has 152 valence electrons. The molecule has 1 aromatic heterocycles. The van der Waals surface area contributed by atoms with Crippen LogP contribution < -0.4 is 16.9 Å². The Morgan fingerprint density at radius 3 is 2.75 bits per heavy atom. The second-order valence-corrected chi connectivity index (χ2v) is 6.09. The van der Waals surface area contributed by atoms with Crippen LogP contribution in [0.15, 0.2) is 17.1 Å². The van der Waals surface area contributed by atoms with Crippen LogP contribution in [0.2, 0.25) is 0 Å². The Hall–Kier alpha value is -2.52. The van der Waals surface area contributed by atoms with E-state index in [-0.39, 0.29) is 18.7 Å². The molecule has 2 radical (unpaired) electrons. The van der Waals surface area contributed by atoms with Gasteiger partial charge in [-0.2, -0.15) is 4.98 Å². The van der Waals surface area contributed by atoms with Crippen LogP contribution in [0, 0.1) is 0 Å². The van der Waals surface area contributed by atoms with Crippen molar-refractivity contribution < 1.29 is 39.6 Å². The van der Waals surface area contributed by atoms with Crippen molar-refractivity contribution in [3.8, 4) is 0 Å². The SMILES string of the molecule is [B][C@@]1(n2ccc(NO)nc2=O)O[C@H](COC(=O)[C@H](N)CCC(=O)O)[C@@H](O)[C@H]1O. The molecule has 0 spiro atoms. The van der Waals surface area contributed by atoms with Gasteiger partial charge in [0, 0.05) is 12.6 Å². The van der Waals surface area contributed by atoms with Gasteiger partial charge in [0.2, 0.25) is 0 Å². The van der Waals surface area contributed by atoms with E-state index in [1.54, 1.807) is 5.48 Å². The van der Waals surface area contributed by atoms with E-state index in [9.17, 15) is 24.6 Å². The molecule has 0 amide bonds. The summed E-state index contributed by atoms with van der Waals surface area (Å²) in [5.74, 6) is -2.24. The second-order valence-electron chi connectivity index (χ2n) is 6.09. The van der Waals surface area contributed by atoms with E-state index in [4.69, 9.17) is 33.4 Å². The molecular formula is C14H19BN4O9. The smallest absolute Gasteiger partial charge is 0.351 e. The third-order valence-corrected chi connectivity index (χ3v) is 4.12. The molecule has 14 heteroatoms. The zero-order valence-electron chi connectivity index (χ0n) is 14.5. The highest BCUT2D eigenvalue weighted by Crippen LogP contribution is 2.32. The normalized spacial score (nSPS) is 27.9. The number of carboxylic acids is 1. The van der Waals surface area contributed by atoms with Gasteiger partial charge in [-0.3, -0.25) is 24.8 Å². The van der Waals surface area contributed by atoms with Crippen molar-refractivity contribution in [2.45, 2.75) is 42.8 Å². The second kappa shape index (κ2) is 8.66. The van der Waals surface area contributed by atoms with Gasteiger partial charge in [-0.1, -0.05) is 0 Å². The summed E-state index contributed by atoms with van der Waals surface area (Å²) in [5, 5.41) is 37.7. The quantitative estimate of drug-likeness (QED) is 0.144. The van der Waals surface area contributed by atoms with E-state index in [2.05, 4.69) is 4.98 Å². The number of aliphatic carboxylic acids is 1. The van der Waals surface area contributed by atoms with Gasteiger partial charge < -0.3 is 30.5 Å². The lowest BCUT2D eigenvalue weighted by molar-refractivity contribution is -0.153. The topological polar surface area (TPSA) is 206 Å². The van der Waals surface area contributed by atoms with Crippen LogP contribution in [0.5, 0.6) is 0 Å². The standard InChI is InChI=1S/C14H19BN4O9/c15-14(19-4-3-8(18-26)17-13(19)25)11(23)10(22)7(28-14)5-27-12(24)6(16)1-2-9(20)21/h3-4,6-7,10-11,22-23,26H,1-2,5,16H2,(H,20,21)(H,17,18,25)/t6-,7-,10-,11-,14+/m1/s1. The van der Waals surface area contributed by atoms with Crippen LogP contribution in [0.4, 0.5) is 5.82 Å². The first-order valence-corrected chi connectivity index (χ1v) is 8.07. The molecule has 1 aromatic rings. The molecule has 1 saturated heterocycles. The zero-order chi connectivity index (χ0) is 21.1. The third kappa shape index (κ3) is 4.48. The lowest BCUT2D eigenvalue weighted by Crippen LogP contribution is -2.51. The minimum absolute atomic E-state index is 0.155. The molecule has 0 saturated carbocycles. The number of anilines is 1. The molecule has 2 heterocycles. The van der Waals surface area contributed by atoms with Gasteiger partial charge in [-0.25, -0.2) is 4.79 Å². The van der Waals surface area contributed by atoms with Crippen molar-refractivity contribution in [3.05, 3.63) is 22.7 Å². The molecule has 0 aliphatic carbocycles. The molecule has 5 atom stereocenters. The highest BCUT2D eigenvalue weighted by Gasteiger charge is 2.52. The number of ether oxygens (including phenoxy) is 2. The number of aromatic nitrogens is 2. The van der Waals surface area contributed by atoms with E-state index in [1.165, 1.54) is 0 Å². The summed E-state index contributed by atoms with van der Waals surface area (Å²) in [6, 6.07) is -0.0413. The summed E-state index contributed by atoms with van der Waals surface area (Å²) in [4.78, 5) is 37.8. The van der Waals surface area contributed by atoms with Crippen LogP contribution in [0.1, 0.15) is 12.8 Å². The fourth-order valence-electron chi connectivity index (χ4n) is 2.56. The maximum Gasteiger partial charge on any atom is 0.351 e. The minimum Gasteiger partial charge on any atom is -0.481 e. The molecule has 13 nitrogen and oxygen atoms in total. The summed E-state index contributed by atoms with van der Waals surface area (Å²) in [7, 11) is 5.92. The number of hydrogen-bond donors (Lipinski definition) is 6. The van der Waals surface area contributed by atoms with Gasteiger partial charge in [0.15, 0.2) is 5.82 Å². The Balaban J connectivity index is 2.06. The Kier molecular flexibility index (Phi) is 6.74.